The summed E-state index contributed by atoms with van der Waals surface area (Å²) in [7, 11) is 0. The van der Waals surface area contributed by atoms with Crippen LogP contribution in [0.15, 0.2) is 73.8 Å². The highest BCUT2D eigenvalue weighted by atomic mass is 16.5. The standard InChI is InChI=1S/C39H56O6/c1-13-33(40)42-27-35(3,4)23-25-44-38(9,10)31-19-15-29(16-20-31)37(7,8)30-17-21-32(22-18-30)39(11,12)45-26-24-36(5,6)28-43-34(41)14-2/h13-22H,1-2,23-28H2,3-12H3. The number of rotatable bonds is 18. The third-order valence-corrected chi connectivity index (χ3v) is 8.63. The lowest BCUT2D eigenvalue weighted by Gasteiger charge is -2.32. The zero-order valence-electron chi connectivity index (χ0n) is 29.4. The summed E-state index contributed by atoms with van der Waals surface area (Å²) in [6.45, 7) is 29.7. The zero-order valence-corrected chi connectivity index (χ0v) is 29.4. The minimum atomic E-state index is -0.463. The summed E-state index contributed by atoms with van der Waals surface area (Å²) in [5.41, 5.74) is 3.13. The Morgan fingerprint density at radius 2 is 0.844 bits per heavy atom. The van der Waals surface area contributed by atoms with Gasteiger partial charge in [0.1, 0.15) is 0 Å². The van der Waals surface area contributed by atoms with Gasteiger partial charge in [0, 0.05) is 41.6 Å². The Kier molecular flexibility index (Phi) is 13.0. The van der Waals surface area contributed by atoms with Crippen LogP contribution in [0.5, 0.6) is 0 Å². The van der Waals surface area contributed by atoms with Crippen molar-refractivity contribution >= 4 is 11.9 Å². The lowest BCUT2D eigenvalue weighted by molar-refractivity contribution is -0.142. The first-order valence-corrected chi connectivity index (χ1v) is 15.8. The molecule has 2 aromatic carbocycles. The molecule has 0 saturated heterocycles. The summed E-state index contributed by atoms with van der Waals surface area (Å²) in [5, 5.41) is 0. The van der Waals surface area contributed by atoms with Crippen molar-refractivity contribution in [3.8, 4) is 0 Å². The molecule has 0 bridgehead atoms. The van der Waals surface area contributed by atoms with Crippen LogP contribution >= 0.6 is 0 Å². The second kappa shape index (κ2) is 15.4. The molecular weight excluding hydrogens is 564 g/mol. The van der Waals surface area contributed by atoms with Crippen molar-refractivity contribution in [2.45, 2.75) is 98.7 Å². The molecule has 0 atom stereocenters. The first kappa shape index (κ1) is 38.0. The number of carbonyl (C=O) groups is 2. The topological polar surface area (TPSA) is 71.1 Å². The summed E-state index contributed by atoms with van der Waals surface area (Å²) in [6, 6.07) is 17.4. The van der Waals surface area contributed by atoms with Gasteiger partial charge in [0.2, 0.25) is 0 Å². The molecular formula is C39H56O6. The van der Waals surface area contributed by atoms with Gasteiger partial charge in [-0.1, -0.05) is 103 Å². The number of esters is 2. The van der Waals surface area contributed by atoms with Crippen LogP contribution in [-0.4, -0.2) is 38.4 Å². The van der Waals surface area contributed by atoms with E-state index in [1.165, 1.54) is 23.3 Å². The Morgan fingerprint density at radius 3 is 1.13 bits per heavy atom. The number of carbonyl (C=O) groups excluding carboxylic acids is 2. The zero-order chi connectivity index (χ0) is 34.1. The van der Waals surface area contributed by atoms with Crippen molar-refractivity contribution in [3.63, 3.8) is 0 Å². The number of ether oxygens (including phenoxy) is 4. The maximum atomic E-state index is 11.4. The molecule has 0 N–H and O–H groups in total. The molecule has 45 heavy (non-hydrogen) atoms. The third kappa shape index (κ3) is 11.6. The van der Waals surface area contributed by atoms with Crippen LogP contribution in [0, 0.1) is 10.8 Å². The number of hydrogen-bond acceptors (Lipinski definition) is 6. The van der Waals surface area contributed by atoms with Crippen LogP contribution in [0.2, 0.25) is 0 Å². The average molecular weight is 621 g/mol. The Hall–Kier alpha value is -3.22. The quantitative estimate of drug-likeness (QED) is 0.123. The highest BCUT2D eigenvalue weighted by molar-refractivity contribution is 5.81. The van der Waals surface area contributed by atoms with E-state index in [-0.39, 0.29) is 16.2 Å². The molecule has 0 spiro atoms. The van der Waals surface area contributed by atoms with E-state index in [9.17, 15) is 9.59 Å². The van der Waals surface area contributed by atoms with Gasteiger partial charge in [-0.15, -0.1) is 0 Å². The Morgan fingerprint density at radius 1 is 0.556 bits per heavy atom. The molecule has 2 rings (SSSR count). The lowest BCUT2D eigenvalue weighted by Crippen LogP contribution is -2.28. The largest absolute Gasteiger partial charge is 0.462 e. The summed E-state index contributed by atoms with van der Waals surface area (Å²) in [5.74, 6) is -0.807. The van der Waals surface area contributed by atoms with Gasteiger partial charge in [-0.3, -0.25) is 0 Å². The molecule has 0 unspecified atom stereocenters. The van der Waals surface area contributed by atoms with Crippen molar-refractivity contribution in [2.24, 2.45) is 10.8 Å². The van der Waals surface area contributed by atoms with Gasteiger partial charge >= 0.3 is 11.9 Å². The van der Waals surface area contributed by atoms with E-state index in [1.807, 2.05) is 0 Å². The van der Waals surface area contributed by atoms with E-state index in [0.29, 0.717) is 26.4 Å². The SMILES string of the molecule is C=CC(=O)OCC(C)(C)CCOC(C)(C)c1ccc(C(C)(C)c2ccc(C(C)(C)OCCC(C)(C)COC(=O)C=C)cc2)cc1. The molecule has 248 valence electrons. The molecule has 2 aromatic rings. The van der Waals surface area contributed by atoms with E-state index in [1.54, 1.807) is 0 Å². The van der Waals surface area contributed by atoms with E-state index in [0.717, 1.165) is 24.0 Å². The monoisotopic (exact) mass is 620 g/mol. The molecule has 0 heterocycles. The number of hydrogen-bond donors (Lipinski definition) is 0. The summed E-state index contributed by atoms with van der Waals surface area (Å²) in [4.78, 5) is 22.9. The van der Waals surface area contributed by atoms with Crippen LogP contribution in [0.4, 0.5) is 0 Å². The first-order chi connectivity index (χ1) is 20.7. The fourth-order valence-corrected chi connectivity index (χ4v) is 4.87. The highest BCUT2D eigenvalue weighted by Gasteiger charge is 2.29. The summed E-state index contributed by atoms with van der Waals surface area (Å²) < 4.78 is 23.1. The molecule has 0 radical (unpaired) electrons. The second-order valence-corrected chi connectivity index (χ2v) is 14.9. The summed E-state index contributed by atoms with van der Waals surface area (Å²) >= 11 is 0. The molecule has 0 aliphatic heterocycles. The van der Waals surface area contributed by atoms with Gasteiger partial charge in [0.15, 0.2) is 0 Å². The van der Waals surface area contributed by atoms with Crippen LogP contribution in [0.25, 0.3) is 0 Å². The van der Waals surface area contributed by atoms with Gasteiger partial charge in [-0.2, -0.15) is 0 Å². The smallest absolute Gasteiger partial charge is 0.330 e. The molecule has 0 aliphatic rings. The second-order valence-electron chi connectivity index (χ2n) is 14.9. The van der Waals surface area contributed by atoms with Gasteiger partial charge in [0.25, 0.3) is 0 Å². The van der Waals surface area contributed by atoms with Crippen molar-refractivity contribution in [2.75, 3.05) is 26.4 Å². The molecule has 6 heteroatoms. The Bertz CT molecular complexity index is 1180. The number of benzene rings is 2. The predicted octanol–water partition coefficient (Wildman–Crippen LogP) is 8.81. The van der Waals surface area contributed by atoms with Crippen LogP contribution in [0.3, 0.4) is 0 Å². The molecule has 0 amide bonds. The van der Waals surface area contributed by atoms with E-state index in [2.05, 4.69) is 131 Å². The van der Waals surface area contributed by atoms with E-state index >= 15 is 0 Å². The highest BCUT2D eigenvalue weighted by Crippen LogP contribution is 2.36. The van der Waals surface area contributed by atoms with Crippen LogP contribution in [-0.2, 0) is 45.2 Å². The molecule has 0 aliphatic carbocycles. The van der Waals surface area contributed by atoms with Crippen LogP contribution in [0.1, 0.15) is 104 Å². The normalized spacial score (nSPS) is 12.8. The molecule has 0 saturated carbocycles. The first-order valence-electron chi connectivity index (χ1n) is 15.8. The van der Waals surface area contributed by atoms with Gasteiger partial charge in [-0.25, -0.2) is 9.59 Å². The Labute approximate surface area is 272 Å². The maximum absolute atomic E-state index is 11.4. The molecule has 6 nitrogen and oxygen atoms in total. The minimum Gasteiger partial charge on any atom is -0.462 e. The van der Waals surface area contributed by atoms with Gasteiger partial charge in [0.05, 0.1) is 24.4 Å². The maximum Gasteiger partial charge on any atom is 0.330 e. The van der Waals surface area contributed by atoms with Gasteiger partial charge < -0.3 is 18.9 Å². The minimum absolute atomic E-state index is 0.195. The van der Waals surface area contributed by atoms with Crippen molar-refractivity contribution < 1.29 is 28.5 Å². The molecule has 0 fully saturated rings. The van der Waals surface area contributed by atoms with Crippen molar-refractivity contribution in [1.82, 2.24) is 0 Å². The predicted molar refractivity (Wildman–Crippen MR) is 182 cm³/mol. The Balaban J connectivity index is 2.01. The van der Waals surface area contributed by atoms with Crippen molar-refractivity contribution in [3.05, 3.63) is 96.1 Å². The van der Waals surface area contributed by atoms with Crippen LogP contribution < -0.4 is 0 Å². The van der Waals surface area contributed by atoms with E-state index < -0.39 is 23.1 Å². The third-order valence-electron chi connectivity index (χ3n) is 8.63. The fourth-order valence-electron chi connectivity index (χ4n) is 4.87. The van der Waals surface area contributed by atoms with Gasteiger partial charge in [-0.05, 0) is 62.8 Å². The summed E-state index contributed by atoms with van der Waals surface area (Å²) in [6.07, 6.45) is 3.89. The van der Waals surface area contributed by atoms with E-state index in [4.69, 9.17) is 18.9 Å². The van der Waals surface area contributed by atoms with Crippen molar-refractivity contribution in [1.29, 1.82) is 0 Å². The lowest BCUT2D eigenvalue weighted by atomic mass is 9.77. The average Bonchev–Trinajstić information content (AvgIpc) is 2.98. The molecule has 0 aromatic heterocycles. The fraction of sp³-hybridized carbons (Fsp3) is 0.538.